The number of piperidine rings is 1. The van der Waals surface area contributed by atoms with Crippen LogP contribution in [0.25, 0.3) is 0 Å². The molecule has 1 fully saturated rings. The van der Waals surface area contributed by atoms with Gasteiger partial charge in [-0.15, -0.1) is 0 Å². The molecule has 0 bridgehead atoms. The number of nitrogens with zero attached hydrogens (tertiary/aromatic N) is 2. The number of likely N-dealkylation sites (N-methyl/N-ethyl adjacent to an activating group) is 1. The fourth-order valence-electron chi connectivity index (χ4n) is 1.88. The van der Waals surface area contributed by atoms with Crippen molar-refractivity contribution >= 4 is 11.8 Å². The monoisotopic (exact) mass is 228 g/mol. The summed E-state index contributed by atoms with van der Waals surface area (Å²) in [5.74, 6) is -0.392. The van der Waals surface area contributed by atoms with Gasteiger partial charge in [-0.1, -0.05) is 0 Å². The van der Waals surface area contributed by atoms with Gasteiger partial charge in [-0.05, 0) is 26.2 Å². The van der Waals surface area contributed by atoms with Gasteiger partial charge in [0.25, 0.3) is 0 Å². The Labute approximate surface area is 96.0 Å². The zero-order chi connectivity index (χ0) is 12.0. The zero-order valence-electron chi connectivity index (χ0n) is 9.81. The maximum atomic E-state index is 11.8. The van der Waals surface area contributed by atoms with E-state index in [0.717, 1.165) is 25.9 Å². The molecule has 0 aromatic rings. The molecule has 5 heteroatoms. The summed E-state index contributed by atoms with van der Waals surface area (Å²) in [5.41, 5.74) is 0. The van der Waals surface area contributed by atoms with Crippen molar-refractivity contribution in [2.45, 2.75) is 26.2 Å². The molecule has 16 heavy (non-hydrogen) atoms. The summed E-state index contributed by atoms with van der Waals surface area (Å²) in [6.45, 7) is 3.42. The zero-order valence-corrected chi connectivity index (χ0v) is 9.81. The van der Waals surface area contributed by atoms with E-state index >= 15 is 0 Å². The van der Waals surface area contributed by atoms with Crippen LogP contribution in [0.2, 0.25) is 0 Å². The number of rotatable bonds is 4. The lowest BCUT2D eigenvalue weighted by atomic mass is 10.1. The van der Waals surface area contributed by atoms with E-state index in [0.29, 0.717) is 6.54 Å². The summed E-state index contributed by atoms with van der Waals surface area (Å²) < 4.78 is 0. The summed E-state index contributed by atoms with van der Waals surface area (Å²) in [6, 6.07) is 0. The highest BCUT2D eigenvalue weighted by molar-refractivity contribution is 5.85. The van der Waals surface area contributed by atoms with Gasteiger partial charge in [0, 0.05) is 19.6 Å². The summed E-state index contributed by atoms with van der Waals surface area (Å²) in [7, 11) is 0. The number of aliphatic hydroxyl groups is 1. The first-order valence-electron chi connectivity index (χ1n) is 5.85. The standard InChI is InChI=1S/C11H20N2O3/c1-2-12(11(16)9-14)8-10(15)13-6-4-3-5-7-13/h14H,2-9H2,1H3. The Balaban J connectivity index is 2.44. The first-order chi connectivity index (χ1) is 7.69. The number of hydrogen-bond acceptors (Lipinski definition) is 3. The highest BCUT2D eigenvalue weighted by Gasteiger charge is 2.20. The molecule has 1 rings (SSSR count). The largest absolute Gasteiger partial charge is 0.387 e. The van der Waals surface area contributed by atoms with Crippen LogP contribution in [0.4, 0.5) is 0 Å². The molecule has 1 heterocycles. The Morgan fingerprint density at radius 2 is 1.88 bits per heavy atom. The summed E-state index contributed by atoms with van der Waals surface area (Å²) in [6.07, 6.45) is 3.27. The van der Waals surface area contributed by atoms with Crippen molar-refractivity contribution in [3.8, 4) is 0 Å². The van der Waals surface area contributed by atoms with E-state index in [4.69, 9.17) is 5.11 Å². The molecule has 2 amide bonds. The third kappa shape index (κ3) is 3.48. The maximum absolute atomic E-state index is 11.8. The highest BCUT2D eigenvalue weighted by Crippen LogP contribution is 2.09. The summed E-state index contributed by atoms with van der Waals surface area (Å²) in [5, 5.41) is 8.74. The third-order valence-corrected chi connectivity index (χ3v) is 2.90. The molecule has 92 valence electrons. The van der Waals surface area contributed by atoms with Crippen molar-refractivity contribution in [3.63, 3.8) is 0 Å². The summed E-state index contributed by atoms with van der Waals surface area (Å²) in [4.78, 5) is 26.3. The lowest BCUT2D eigenvalue weighted by Gasteiger charge is -2.29. The quantitative estimate of drug-likeness (QED) is 0.727. The van der Waals surface area contributed by atoms with Gasteiger partial charge in [0.05, 0.1) is 6.54 Å². The lowest BCUT2D eigenvalue weighted by Crippen LogP contribution is -2.45. The first-order valence-corrected chi connectivity index (χ1v) is 5.85. The first kappa shape index (κ1) is 13.0. The van der Waals surface area contributed by atoms with E-state index in [1.54, 1.807) is 11.8 Å². The van der Waals surface area contributed by atoms with Crippen molar-refractivity contribution in [2.24, 2.45) is 0 Å². The van der Waals surface area contributed by atoms with Crippen LogP contribution < -0.4 is 0 Å². The SMILES string of the molecule is CCN(CC(=O)N1CCCCC1)C(=O)CO. The fourth-order valence-corrected chi connectivity index (χ4v) is 1.88. The van der Waals surface area contributed by atoms with Crippen molar-refractivity contribution in [3.05, 3.63) is 0 Å². The Morgan fingerprint density at radius 3 is 2.38 bits per heavy atom. The molecule has 5 nitrogen and oxygen atoms in total. The van der Waals surface area contributed by atoms with Crippen LogP contribution in [0.1, 0.15) is 26.2 Å². The minimum absolute atomic E-state index is 0.0108. The number of likely N-dealkylation sites (tertiary alicyclic amines) is 1. The van der Waals surface area contributed by atoms with Crippen LogP contribution in [0.15, 0.2) is 0 Å². The second kappa shape index (κ2) is 6.48. The molecule has 0 aromatic heterocycles. The fraction of sp³-hybridized carbons (Fsp3) is 0.818. The number of carbonyl (C=O) groups excluding carboxylic acids is 2. The van der Waals surface area contributed by atoms with Crippen LogP contribution in [0.3, 0.4) is 0 Å². The van der Waals surface area contributed by atoms with Gasteiger partial charge in [-0.2, -0.15) is 0 Å². The average Bonchev–Trinajstić information content (AvgIpc) is 2.35. The number of carbonyl (C=O) groups is 2. The van der Waals surface area contributed by atoms with Gasteiger partial charge in [-0.3, -0.25) is 9.59 Å². The molecule has 1 N–H and O–H groups in total. The minimum atomic E-state index is -0.527. The van der Waals surface area contributed by atoms with E-state index < -0.39 is 6.61 Å². The number of aliphatic hydroxyl groups excluding tert-OH is 1. The normalized spacial score (nSPS) is 16.0. The van der Waals surface area contributed by atoms with Crippen LogP contribution in [-0.4, -0.2) is 59.5 Å². The van der Waals surface area contributed by atoms with Gasteiger partial charge in [0.15, 0.2) is 0 Å². The number of amides is 2. The van der Waals surface area contributed by atoms with Gasteiger partial charge in [0.2, 0.25) is 11.8 Å². The van der Waals surface area contributed by atoms with Crippen LogP contribution in [0, 0.1) is 0 Å². The van der Waals surface area contributed by atoms with E-state index in [1.807, 2.05) is 0 Å². The highest BCUT2D eigenvalue weighted by atomic mass is 16.3. The van der Waals surface area contributed by atoms with E-state index in [2.05, 4.69) is 0 Å². The molecular weight excluding hydrogens is 208 g/mol. The van der Waals surface area contributed by atoms with Crippen LogP contribution in [-0.2, 0) is 9.59 Å². The van der Waals surface area contributed by atoms with E-state index in [1.165, 1.54) is 11.3 Å². The average molecular weight is 228 g/mol. The second-order valence-corrected chi connectivity index (χ2v) is 4.01. The Bertz CT molecular complexity index is 250. The molecule has 0 spiro atoms. The molecule has 0 aliphatic carbocycles. The molecule has 1 aliphatic heterocycles. The molecule has 0 saturated carbocycles. The Kier molecular flexibility index (Phi) is 5.25. The second-order valence-electron chi connectivity index (χ2n) is 4.01. The van der Waals surface area contributed by atoms with Crippen molar-refractivity contribution < 1.29 is 14.7 Å². The summed E-state index contributed by atoms with van der Waals surface area (Å²) >= 11 is 0. The lowest BCUT2D eigenvalue weighted by molar-refractivity contribution is -0.142. The van der Waals surface area contributed by atoms with Crippen LogP contribution in [0.5, 0.6) is 0 Å². The maximum Gasteiger partial charge on any atom is 0.248 e. The van der Waals surface area contributed by atoms with Crippen molar-refractivity contribution in [2.75, 3.05) is 32.8 Å². The van der Waals surface area contributed by atoms with E-state index in [9.17, 15) is 9.59 Å². The van der Waals surface area contributed by atoms with Crippen LogP contribution >= 0.6 is 0 Å². The molecule has 0 atom stereocenters. The predicted octanol–water partition coefficient (Wildman–Crippen LogP) is -0.160. The number of hydrogen-bond donors (Lipinski definition) is 1. The van der Waals surface area contributed by atoms with Crippen molar-refractivity contribution in [1.82, 2.24) is 9.80 Å². The molecule has 0 unspecified atom stereocenters. The van der Waals surface area contributed by atoms with E-state index in [-0.39, 0.29) is 18.4 Å². The third-order valence-electron chi connectivity index (χ3n) is 2.90. The Morgan fingerprint density at radius 1 is 1.25 bits per heavy atom. The molecule has 0 aromatic carbocycles. The topological polar surface area (TPSA) is 60.9 Å². The smallest absolute Gasteiger partial charge is 0.248 e. The van der Waals surface area contributed by atoms with Gasteiger partial charge >= 0.3 is 0 Å². The molecular formula is C11H20N2O3. The Hall–Kier alpha value is -1.10. The van der Waals surface area contributed by atoms with Gasteiger partial charge in [0.1, 0.15) is 6.61 Å². The van der Waals surface area contributed by atoms with Gasteiger partial charge < -0.3 is 14.9 Å². The molecule has 0 radical (unpaired) electrons. The molecule has 1 saturated heterocycles. The van der Waals surface area contributed by atoms with Gasteiger partial charge in [-0.25, -0.2) is 0 Å². The molecule has 1 aliphatic rings. The predicted molar refractivity (Wildman–Crippen MR) is 59.8 cm³/mol. The van der Waals surface area contributed by atoms with Crippen molar-refractivity contribution in [1.29, 1.82) is 0 Å². The minimum Gasteiger partial charge on any atom is -0.387 e.